The van der Waals surface area contributed by atoms with Crippen molar-refractivity contribution in [1.82, 2.24) is 5.32 Å². The Hall–Kier alpha value is -2.96. The lowest BCUT2D eigenvalue weighted by Crippen LogP contribution is -2.42. The van der Waals surface area contributed by atoms with Crippen LogP contribution in [-0.2, 0) is 15.7 Å². The summed E-state index contributed by atoms with van der Waals surface area (Å²) < 4.78 is 44.6. The SMILES string of the molecule is O=C(NC[C@H]1CCCO1)C1CCN(c2c([N+](=O)[O-])cc(C(F)(F)F)cc2[N+](=O)[O-])CC1. The number of nitro benzene ring substituents is 2. The Bertz CT molecular complexity index is 829. The van der Waals surface area contributed by atoms with Crippen molar-refractivity contribution in [2.24, 2.45) is 5.92 Å². The van der Waals surface area contributed by atoms with Crippen molar-refractivity contribution < 1.29 is 32.5 Å². The summed E-state index contributed by atoms with van der Waals surface area (Å²) in [5.41, 5.74) is -3.90. The molecule has 10 nitrogen and oxygen atoms in total. The number of hydrogen-bond donors (Lipinski definition) is 1. The molecule has 0 aromatic heterocycles. The van der Waals surface area contributed by atoms with Crippen LogP contribution in [0.3, 0.4) is 0 Å². The summed E-state index contributed by atoms with van der Waals surface area (Å²) in [5.74, 6) is -0.600. The molecular formula is C18H21F3N4O6. The van der Waals surface area contributed by atoms with Crippen LogP contribution in [0, 0.1) is 26.1 Å². The number of hydrogen-bond acceptors (Lipinski definition) is 7. The van der Waals surface area contributed by atoms with Crippen molar-refractivity contribution in [2.45, 2.75) is 38.0 Å². The number of benzene rings is 1. The fourth-order valence-electron chi connectivity index (χ4n) is 3.90. The molecule has 2 saturated heterocycles. The third-order valence-electron chi connectivity index (χ3n) is 5.50. The molecule has 0 bridgehead atoms. The van der Waals surface area contributed by atoms with E-state index in [0.717, 1.165) is 12.8 Å². The molecule has 2 heterocycles. The Morgan fingerprint density at radius 3 is 2.16 bits per heavy atom. The first-order valence-electron chi connectivity index (χ1n) is 9.76. The zero-order valence-corrected chi connectivity index (χ0v) is 16.4. The van der Waals surface area contributed by atoms with E-state index in [1.54, 1.807) is 0 Å². The zero-order chi connectivity index (χ0) is 22.8. The summed E-state index contributed by atoms with van der Waals surface area (Å²) in [4.78, 5) is 34.4. The van der Waals surface area contributed by atoms with Gasteiger partial charge in [0.2, 0.25) is 5.91 Å². The van der Waals surface area contributed by atoms with Crippen molar-refractivity contribution in [3.05, 3.63) is 37.9 Å². The second kappa shape index (κ2) is 9.04. The smallest absolute Gasteiger partial charge is 0.376 e. The molecule has 2 aliphatic heterocycles. The molecule has 1 aromatic rings. The van der Waals surface area contributed by atoms with Gasteiger partial charge in [-0.3, -0.25) is 25.0 Å². The number of nitrogens with zero attached hydrogens (tertiary/aromatic N) is 3. The van der Waals surface area contributed by atoms with Gasteiger partial charge in [-0.2, -0.15) is 13.2 Å². The van der Waals surface area contributed by atoms with Gasteiger partial charge in [-0.15, -0.1) is 0 Å². The van der Waals surface area contributed by atoms with Crippen LogP contribution in [0.4, 0.5) is 30.2 Å². The minimum atomic E-state index is -4.97. The normalized spacial score (nSPS) is 20.0. The number of piperidine rings is 1. The van der Waals surface area contributed by atoms with Crippen LogP contribution in [0.25, 0.3) is 0 Å². The van der Waals surface area contributed by atoms with E-state index < -0.39 is 44.6 Å². The van der Waals surface area contributed by atoms with Crippen molar-refractivity contribution in [1.29, 1.82) is 0 Å². The lowest BCUT2D eigenvalue weighted by molar-refractivity contribution is -0.393. The van der Waals surface area contributed by atoms with Crippen LogP contribution in [-0.4, -0.2) is 48.1 Å². The molecule has 170 valence electrons. The Morgan fingerprint density at radius 1 is 1.13 bits per heavy atom. The molecule has 0 radical (unpaired) electrons. The molecule has 0 saturated carbocycles. The van der Waals surface area contributed by atoms with E-state index in [4.69, 9.17) is 4.74 Å². The molecule has 3 rings (SSSR count). The summed E-state index contributed by atoms with van der Waals surface area (Å²) in [6, 6.07) is 0.617. The second-order valence-electron chi connectivity index (χ2n) is 7.52. The number of alkyl halides is 3. The topological polar surface area (TPSA) is 128 Å². The average Bonchev–Trinajstić information content (AvgIpc) is 3.24. The molecule has 1 atom stereocenters. The third-order valence-corrected chi connectivity index (χ3v) is 5.50. The predicted molar refractivity (Wildman–Crippen MR) is 102 cm³/mol. The fraction of sp³-hybridized carbons (Fsp3) is 0.611. The number of rotatable bonds is 6. The maximum absolute atomic E-state index is 13.1. The van der Waals surface area contributed by atoms with Gasteiger partial charge in [0.15, 0.2) is 5.69 Å². The van der Waals surface area contributed by atoms with E-state index in [9.17, 15) is 38.2 Å². The number of ether oxygens (including phenoxy) is 1. The largest absolute Gasteiger partial charge is 0.416 e. The summed E-state index contributed by atoms with van der Waals surface area (Å²) in [7, 11) is 0. The van der Waals surface area contributed by atoms with E-state index in [1.807, 2.05) is 0 Å². The van der Waals surface area contributed by atoms with Crippen LogP contribution < -0.4 is 10.2 Å². The van der Waals surface area contributed by atoms with Crippen molar-refractivity contribution in [3.63, 3.8) is 0 Å². The Balaban J connectivity index is 1.76. The van der Waals surface area contributed by atoms with Gasteiger partial charge in [0.05, 0.1) is 21.5 Å². The molecule has 1 aromatic carbocycles. The summed E-state index contributed by atoms with van der Waals surface area (Å²) in [5, 5.41) is 25.6. The number of nitro groups is 2. The summed E-state index contributed by atoms with van der Waals surface area (Å²) >= 11 is 0. The lowest BCUT2D eigenvalue weighted by Gasteiger charge is -2.32. The average molecular weight is 446 g/mol. The molecular weight excluding hydrogens is 425 g/mol. The highest BCUT2D eigenvalue weighted by molar-refractivity contribution is 5.80. The third kappa shape index (κ3) is 5.21. The van der Waals surface area contributed by atoms with Crippen molar-refractivity contribution in [2.75, 3.05) is 31.1 Å². The van der Waals surface area contributed by atoms with Crippen LogP contribution in [0.2, 0.25) is 0 Å². The maximum Gasteiger partial charge on any atom is 0.416 e. The number of anilines is 1. The number of halogens is 3. The van der Waals surface area contributed by atoms with E-state index in [2.05, 4.69) is 5.32 Å². The van der Waals surface area contributed by atoms with E-state index in [1.165, 1.54) is 4.90 Å². The molecule has 2 aliphatic rings. The Kier molecular flexibility index (Phi) is 6.62. The van der Waals surface area contributed by atoms with Crippen LogP contribution in [0.15, 0.2) is 12.1 Å². The Labute approximate surface area is 174 Å². The van der Waals surface area contributed by atoms with Gasteiger partial charge in [0.1, 0.15) is 0 Å². The van der Waals surface area contributed by atoms with Crippen LogP contribution in [0.1, 0.15) is 31.2 Å². The minimum absolute atomic E-state index is 0.0264. The first-order chi connectivity index (χ1) is 14.6. The highest BCUT2D eigenvalue weighted by Gasteiger charge is 2.40. The van der Waals surface area contributed by atoms with Crippen LogP contribution in [0.5, 0.6) is 0 Å². The van der Waals surface area contributed by atoms with Crippen molar-refractivity contribution >= 4 is 23.0 Å². The lowest BCUT2D eigenvalue weighted by atomic mass is 9.95. The fourth-order valence-corrected chi connectivity index (χ4v) is 3.90. The number of carbonyl (C=O) groups is 1. The standard InChI is InChI=1S/C18H21F3N4O6/c19-18(20,21)12-8-14(24(27)28)16(15(9-12)25(29)30)23-5-3-11(4-6-23)17(26)22-10-13-2-1-7-31-13/h8-9,11,13H,1-7,10H2,(H,22,26)/t13-/m1/s1. The minimum Gasteiger partial charge on any atom is -0.376 e. The highest BCUT2D eigenvalue weighted by atomic mass is 19.4. The monoisotopic (exact) mass is 446 g/mol. The van der Waals surface area contributed by atoms with Crippen LogP contribution >= 0.6 is 0 Å². The van der Waals surface area contributed by atoms with E-state index in [0.29, 0.717) is 25.3 Å². The first-order valence-corrected chi connectivity index (χ1v) is 9.76. The maximum atomic E-state index is 13.1. The molecule has 0 spiro atoms. The van der Waals surface area contributed by atoms with Gasteiger partial charge in [0, 0.05) is 44.3 Å². The molecule has 0 aliphatic carbocycles. The zero-order valence-electron chi connectivity index (χ0n) is 16.4. The summed E-state index contributed by atoms with van der Waals surface area (Å²) in [6.45, 7) is 1.16. The van der Waals surface area contributed by atoms with E-state index in [-0.39, 0.29) is 37.9 Å². The molecule has 31 heavy (non-hydrogen) atoms. The molecule has 13 heteroatoms. The van der Waals surface area contributed by atoms with E-state index >= 15 is 0 Å². The molecule has 2 fully saturated rings. The van der Waals surface area contributed by atoms with Gasteiger partial charge in [-0.1, -0.05) is 0 Å². The van der Waals surface area contributed by atoms with Gasteiger partial charge in [-0.05, 0) is 25.7 Å². The number of carbonyl (C=O) groups excluding carboxylic acids is 1. The molecule has 1 amide bonds. The second-order valence-corrected chi connectivity index (χ2v) is 7.52. The highest BCUT2D eigenvalue weighted by Crippen LogP contribution is 2.44. The molecule has 0 unspecified atom stereocenters. The quantitative estimate of drug-likeness (QED) is 0.525. The van der Waals surface area contributed by atoms with Crippen molar-refractivity contribution in [3.8, 4) is 0 Å². The number of amides is 1. The Morgan fingerprint density at radius 2 is 1.71 bits per heavy atom. The van der Waals surface area contributed by atoms with Gasteiger partial charge in [-0.25, -0.2) is 0 Å². The predicted octanol–water partition coefficient (Wildman–Crippen LogP) is 3.03. The first kappa shape index (κ1) is 22.7. The number of nitrogens with one attached hydrogen (secondary N) is 1. The summed E-state index contributed by atoms with van der Waals surface area (Å²) in [6.07, 6.45) is -2.69. The van der Waals surface area contributed by atoms with Gasteiger partial charge >= 0.3 is 6.18 Å². The van der Waals surface area contributed by atoms with Gasteiger partial charge < -0.3 is 15.0 Å². The van der Waals surface area contributed by atoms with Gasteiger partial charge in [0.25, 0.3) is 11.4 Å². The molecule has 1 N–H and O–H groups in total.